The second-order valence-corrected chi connectivity index (χ2v) is 6.84. The quantitative estimate of drug-likeness (QED) is 0.689. The molecule has 1 aromatic carbocycles. The molecule has 0 atom stereocenters. The number of imidazole rings is 1. The average molecular weight is 406 g/mol. The summed E-state index contributed by atoms with van der Waals surface area (Å²) < 4.78 is 2.55. The molecule has 2 aromatic heterocycles. The Morgan fingerprint density at radius 3 is 2.58 bits per heavy atom. The predicted octanol–water partition coefficient (Wildman–Crippen LogP) is 3.86. The van der Waals surface area contributed by atoms with Crippen LogP contribution in [0.1, 0.15) is 20.8 Å². The fourth-order valence-corrected chi connectivity index (χ4v) is 3.46. The number of rotatable bonds is 4. The molecule has 0 radical (unpaired) electrons. The number of hydrogen-bond acceptors (Lipinski definition) is 4. The van der Waals surface area contributed by atoms with Crippen LogP contribution in [0.5, 0.6) is 0 Å². The largest absolute Gasteiger partial charge is 0.478 e. The van der Waals surface area contributed by atoms with E-state index in [1.165, 1.54) is 17.7 Å². The summed E-state index contributed by atoms with van der Waals surface area (Å²) in [6, 6.07) is 7.33. The van der Waals surface area contributed by atoms with Crippen LogP contribution in [0.4, 0.5) is 5.69 Å². The van der Waals surface area contributed by atoms with Gasteiger partial charge in [-0.1, -0.05) is 28.1 Å². The van der Waals surface area contributed by atoms with E-state index in [0.717, 1.165) is 10.0 Å². The predicted molar refractivity (Wildman–Crippen MR) is 95.6 cm³/mol. The summed E-state index contributed by atoms with van der Waals surface area (Å²) >= 11 is 4.62. The smallest absolute Gasteiger partial charge is 0.339 e. The molecule has 0 aliphatic rings. The zero-order chi connectivity index (χ0) is 17.3. The minimum Gasteiger partial charge on any atom is -0.478 e. The van der Waals surface area contributed by atoms with Crippen LogP contribution >= 0.6 is 27.3 Å². The van der Waals surface area contributed by atoms with E-state index in [1.807, 2.05) is 24.3 Å². The maximum atomic E-state index is 12.2. The van der Waals surface area contributed by atoms with E-state index in [9.17, 15) is 14.7 Å². The van der Waals surface area contributed by atoms with Crippen LogP contribution in [-0.2, 0) is 7.05 Å². The molecule has 8 heteroatoms. The van der Waals surface area contributed by atoms with Crippen LogP contribution in [0.3, 0.4) is 0 Å². The number of aryl methyl sites for hydroxylation is 1. The normalized spacial score (nSPS) is 10.6. The van der Waals surface area contributed by atoms with E-state index < -0.39 is 11.9 Å². The van der Waals surface area contributed by atoms with Crippen molar-refractivity contribution in [3.63, 3.8) is 0 Å². The van der Waals surface area contributed by atoms with Gasteiger partial charge >= 0.3 is 5.97 Å². The molecule has 0 aliphatic carbocycles. The van der Waals surface area contributed by atoms with Gasteiger partial charge in [0.05, 0.1) is 16.9 Å². The molecule has 0 saturated carbocycles. The first-order valence-corrected chi connectivity index (χ1v) is 8.53. The van der Waals surface area contributed by atoms with Crippen LogP contribution < -0.4 is 5.32 Å². The van der Waals surface area contributed by atoms with Crippen molar-refractivity contribution < 1.29 is 14.7 Å². The summed E-state index contributed by atoms with van der Waals surface area (Å²) in [6.07, 6.45) is 3.08. The van der Waals surface area contributed by atoms with Crippen molar-refractivity contribution in [2.75, 3.05) is 5.32 Å². The highest BCUT2D eigenvalue weighted by molar-refractivity contribution is 9.10. The number of carbonyl (C=O) groups is 2. The van der Waals surface area contributed by atoms with Crippen molar-refractivity contribution >= 4 is 44.8 Å². The Morgan fingerprint density at radius 2 is 2.00 bits per heavy atom. The molecule has 2 heterocycles. The third-order valence-electron chi connectivity index (χ3n) is 3.30. The lowest BCUT2D eigenvalue weighted by atomic mass is 10.1. The Bertz CT molecular complexity index is 915. The van der Waals surface area contributed by atoms with Crippen LogP contribution in [0.15, 0.2) is 46.6 Å². The van der Waals surface area contributed by atoms with Gasteiger partial charge in [-0.15, -0.1) is 11.3 Å². The van der Waals surface area contributed by atoms with Gasteiger partial charge in [-0.3, -0.25) is 4.79 Å². The molecule has 0 unspecified atom stereocenters. The highest BCUT2D eigenvalue weighted by atomic mass is 79.9. The average Bonchev–Trinajstić information content (AvgIpc) is 3.14. The van der Waals surface area contributed by atoms with Crippen LogP contribution in [0.2, 0.25) is 0 Å². The first-order valence-electron chi connectivity index (χ1n) is 6.85. The Morgan fingerprint density at radius 1 is 1.29 bits per heavy atom. The van der Waals surface area contributed by atoms with Gasteiger partial charge < -0.3 is 15.0 Å². The van der Waals surface area contributed by atoms with E-state index in [4.69, 9.17) is 0 Å². The van der Waals surface area contributed by atoms with Crippen molar-refractivity contribution in [1.82, 2.24) is 9.55 Å². The van der Waals surface area contributed by atoms with Gasteiger partial charge in [-0.2, -0.15) is 0 Å². The number of carbonyl (C=O) groups excluding carboxylic acids is 1. The lowest BCUT2D eigenvalue weighted by Crippen LogP contribution is -2.14. The van der Waals surface area contributed by atoms with Crippen molar-refractivity contribution in [3.05, 3.63) is 57.9 Å². The van der Waals surface area contributed by atoms with Gasteiger partial charge in [0.1, 0.15) is 11.3 Å². The number of amides is 1. The monoisotopic (exact) mass is 405 g/mol. The maximum Gasteiger partial charge on any atom is 0.339 e. The van der Waals surface area contributed by atoms with Gasteiger partial charge in [0.25, 0.3) is 5.91 Å². The fraction of sp³-hybridized carbons (Fsp3) is 0.0625. The van der Waals surface area contributed by atoms with Crippen molar-refractivity contribution in [2.24, 2.45) is 7.05 Å². The van der Waals surface area contributed by atoms with E-state index in [-0.39, 0.29) is 16.9 Å². The second-order valence-electron chi connectivity index (χ2n) is 5.04. The first kappa shape index (κ1) is 16.4. The van der Waals surface area contributed by atoms with Gasteiger partial charge in [-0.25, -0.2) is 9.78 Å². The Hall–Kier alpha value is -2.45. The van der Waals surface area contributed by atoms with Gasteiger partial charge in [0.2, 0.25) is 0 Å². The lowest BCUT2D eigenvalue weighted by Gasteiger charge is -2.05. The molecular formula is C16H12BrN3O3S. The molecule has 3 aromatic rings. The molecule has 0 saturated heterocycles. The summed E-state index contributed by atoms with van der Waals surface area (Å²) in [5.41, 5.74) is 1.34. The summed E-state index contributed by atoms with van der Waals surface area (Å²) in [7, 11) is 1.75. The van der Waals surface area contributed by atoms with Gasteiger partial charge in [0, 0.05) is 23.1 Å². The molecule has 0 bridgehead atoms. The maximum absolute atomic E-state index is 12.2. The standard InChI is InChI=1S/C16H12BrN3O3S/c1-20-6-11(18-8-20)15(21)19-12-7-24-14(13(12)16(22)23)9-2-4-10(17)5-3-9/h2-8H,1H3,(H,19,21)(H,22,23). The number of benzene rings is 1. The molecule has 0 aliphatic heterocycles. The highest BCUT2D eigenvalue weighted by Crippen LogP contribution is 2.36. The number of nitrogens with one attached hydrogen (secondary N) is 1. The second kappa shape index (κ2) is 6.58. The van der Waals surface area contributed by atoms with Crippen LogP contribution in [0.25, 0.3) is 10.4 Å². The van der Waals surface area contributed by atoms with Crippen molar-refractivity contribution in [1.29, 1.82) is 0 Å². The number of hydrogen-bond donors (Lipinski definition) is 2. The minimum atomic E-state index is -1.09. The van der Waals surface area contributed by atoms with E-state index >= 15 is 0 Å². The Kier molecular flexibility index (Phi) is 4.50. The Balaban J connectivity index is 1.96. The highest BCUT2D eigenvalue weighted by Gasteiger charge is 2.22. The van der Waals surface area contributed by atoms with Gasteiger partial charge in [0.15, 0.2) is 0 Å². The Labute approximate surface area is 149 Å². The van der Waals surface area contributed by atoms with E-state index in [1.54, 1.807) is 23.2 Å². The number of aromatic nitrogens is 2. The van der Waals surface area contributed by atoms with E-state index in [2.05, 4.69) is 26.2 Å². The van der Waals surface area contributed by atoms with Gasteiger partial charge in [-0.05, 0) is 17.7 Å². The number of carboxylic acid groups (broad SMARTS) is 1. The molecule has 6 nitrogen and oxygen atoms in total. The SMILES string of the molecule is Cn1cnc(C(=O)Nc2csc(-c3ccc(Br)cc3)c2C(=O)O)c1. The number of aromatic carboxylic acids is 1. The molecule has 24 heavy (non-hydrogen) atoms. The number of nitrogens with zero attached hydrogens (tertiary/aromatic N) is 2. The van der Waals surface area contributed by atoms with Crippen molar-refractivity contribution in [2.45, 2.75) is 0 Å². The summed E-state index contributed by atoms with van der Waals surface area (Å²) in [6.45, 7) is 0. The summed E-state index contributed by atoms with van der Waals surface area (Å²) in [5.74, 6) is -1.54. The zero-order valence-corrected chi connectivity index (χ0v) is 14.9. The molecule has 3 rings (SSSR count). The van der Waals surface area contributed by atoms with Crippen molar-refractivity contribution in [3.8, 4) is 10.4 Å². The minimum absolute atomic E-state index is 0.0756. The molecule has 0 spiro atoms. The fourth-order valence-electron chi connectivity index (χ4n) is 2.19. The number of anilines is 1. The molecule has 2 N–H and O–H groups in total. The lowest BCUT2D eigenvalue weighted by molar-refractivity contribution is 0.0699. The summed E-state index contributed by atoms with van der Waals surface area (Å²) in [4.78, 5) is 28.5. The van der Waals surface area contributed by atoms with E-state index in [0.29, 0.717) is 4.88 Å². The zero-order valence-electron chi connectivity index (χ0n) is 12.5. The third kappa shape index (κ3) is 3.24. The molecule has 122 valence electrons. The topological polar surface area (TPSA) is 84.2 Å². The number of halogens is 1. The molecule has 0 fully saturated rings. The molecule has 1 amide bonds. The molecular weight excluding hydrogens is 394 g/mol. The number of carboxylic acids is 1. The van der Waals surface area contributed by atoms with Crippen LogP contribution in [-0.4, -0.2) is 26.5 Å². The van der Waals surface area contributed by atoms with Crippen LogP contribution in [0, 0.1) is 0 Å². The number of thiophene rings is 1. The third-order valence-corrected chi connectivity index (χ3v) is 4.85. The first-order chi connectivity index (χ1) is 11.5. The summed E-state index contributed by atoms with van der Waals surface area (Å²) in [5, 5.41) is 13.8.